The molecule has 0 unspecified atom stereocenters. The molecule has 142 valence electrons. The first-order valence-corrected chi connectivity index (χ1v) is 9.93. The highest BCUT2D eigenvalue weighted by molar-refractivity contribution is 7.89. The van der Waals surface area contributed by atoms with Gasteiger partial charge in [0, 0.05) is 35.3 Å². The first-order chi connectivity index (χ1) is 12.8. The quantitative estimate of drug-likeness (QED) is 0.517. The van der Waals surface area contributed by atoms with E-state index in [0.29, 0.717) is 5.82 Å². The maximum atomic E-state index is 12.4. The average molecular weight is 386 g/mol. The highest BCUT2D eigenvalue weighted by Gasteiger charge is 2.16. The summed E-state index contributed by atoms with van der Waals surface area (Å²) in [4.78, 5) is 7.65. The molecule has 0 saturated heterocycles. The largest absolute Gasteiger partial charge is 0.395 e. The van der Waals surface area contributed by atoms with E-state index in [4.69, 9.17) is 10.8 Å². The van der Waals surface area contributed by atoms with Gasteiger partial charge >= 0.3 is 0 Å². The summed E-state index contributed by atoms with van der Waals surface area (Å²) in [6.45, 7) is 3.56. The van der Waals surface area contributed by atoms with E-state index in [2.05, 4.69) is 14.7 Å². The predicted octanol–water partition coefficient (Wildman–Crippen LogP) is 2.21. The second kappa shape index (κ2) is 7.51. The Morgan fingerprint density at radius 1 is 1.15 bits per heavy atom. The number of aromatic nitrogens is 2. The van der Waals surface area contributed by atoms with Crippen LogP contribution in [0.5, 0.6) is 0 Å². The van der Waals surface area contributed by atoms with Gasteiger partial charge in [0.1, 0.15) is 5.82 Å². The third-order valence-electron chi connectivity index (χ3n) is 4.27. The van der Waals surface area contributed by atoms with Crippen LogP contribution in [0.2, 0.25) is 0 Å². The zero-order valence-corrected chi connectivity index (χ0v) is 16.0. The van der Waals surface area contributed by atoms with E-state index in [1.54, 1.807) is 24.4 Å². The molecule has 5 N–H and O–H groups in total. The van der Waals surface area contributed by atoms with Crippen LogP contribution >= 0.6 is 0 Å². The number of aryl methyl sites for hydroxylation is 2. The Hall–Kier alpha value is -2.68. The van der Waals surface area contributed by atoms with Gasteiger partial charge in [0.2, 0.25) is 10.0 Å². The number of H-pyrrole nitrogens is 1. The number of pyridine rings is 1. The summed E-state index contributed by atoms with van der Waals surface area (Å²) in [6.07, 6.45) is 1.63. The molecule has 1 aromatic carbocycles. The topological polar surface area (TPSA) is 121 Å². The van der Waals surface area contributed by atoms with Crippen molar-refractivity contribution in [3.8, 4) is 22.4 Å². The summed E-state index contributed by atoms with van der Waals surface area (Å²) in [7, 11) is -3.70. The molecule has 0 amide bonds. The van der Waals surface area contributed by atoms with Crippen molar-refractivity contribution < 1.29 is 13.5 Å². The predicted molar refractivity (Wildman–Crippen MR) is 106 cm³/mol. The lowest BCUT2D eigenvalue weighted by Gasteiger charge is -2.12. The van der Waals surface area contributed by atoms with Crippen LogP contribution in [-0.2, 0) is 10.0 Å². The third kappa shape index (κ3) is 4.02. The summed E-state index contributed by atoms with van der Waals surface area (Å²) in [5.41, 5.74) is 11.1. The number of aliphatic hydroxyl groups excluding tert-OH is 1. The van der Waals surface area contributed by atoms with E-state index >= 15 is 0 Å². The van der Waals surface area contributed by atoms with Gasteiger partial charge in [-0.3, -0.25) is 0 Å². The number of sulfonamides is 1. The average Bonchev–Trinajstić information content (AvgIpc) is 3.07. The lowest BCUT2D eigenvalue weighted by molar-refractivity contribution is 0.301. The van der Waals surface area contributed by atoms with Crippen LogP contribution in [0.1, 0.15) is 11.3 Å². The number of nitrogens with zero attached hydrogens (tertiary/aromatic N) is 1. The van der Waals surface area contributed by atoms with E-state index in [1.807, 2.05) is 32.0 Å². The fourth-order valence-corrected chi connectivity index (χ4v) is 3.89. The van der Waals surface area contributed by atoms with Crippen molar-refractivity contribution in [1.82, 2.24) is 14.7 Å². The van der Waals surface area contributed by atoms with E-state index in [0.717, 1.165) is 33.6 Å². The molecule has 0 fully saturated rings. The molecule has 2 heterocycles. The number of aromatic amines is 1. The molecule has 0 atom stereocenters. The molecule has 0 saturated carbocycles. The van der Waals surface area contributed by atoms with Crippen LogP contribution in [0.4, 0.5) is 5.82 Å². The van der Waals surface area contributed by atoms with Gasteiger partial charge in [0.25, 0.3) is 0 Å². The molecule has 3 rings (SSSR count). The van der Waals surface area contributed by atoms with Gasteiger partial charge in [0.05, 0.1) is 11.5 Å². The lowest BCUT2D eigenvalue weighted by Crippen LogP contribution is -2.26. The molecule has 2 aromatic heterocycles. The fourth-order valence-electron chi connectivity index (χ4n) is 2.84. The Morgan fingerprint density at radius 3 is 2.59 bits per heavy atom. The number of hydrogen-bond donors (Lipinski definition) is 4. The summed E-state index contributed by atoms with van der Waals surface area (Å²) in [6, 6.07) is 10.7. The molecule has 0 radical (unpaired) electrons. The molecule has 0 spiro atoms. The number of aliphatic hydroxyl groups is 1. The molecular weight excluding hydrogens is 364 g/mol. The third-order valence-corrected chi connectivity index (χ3v) is 5.73. The van der Waals surface area contributed by atoms with Gasteiger partial charge in [-0.15, -0.1) is 0 Å². The van der Waals surface area contributed by atoms with Crippen LogP contribution in [0.25, 0.3) is 22.4 Å². The molecule has 0 aliphatic carbocycles. The van der Waals surface area contributed by atoms with Crippen molar-refractivity contribution in [2.75, 3.05) is 18.9 Å². The monoisotopic (exact) mass is 386 g/mol. The van der Waals surface area contributed by atoms with Crippen molar-refractivity contribution in [2.24, 2.45) is 0 Å². The first kappa shape index (κ1) is 19.1. The zero-order valence-electron chi connectivity index (χ0n) is 15.2. The standard InChI is InChI=1S/C19H22N4O3S/c1-12-3-5-15(27(25,26)22-7-8-24)10-16(12)14-9-17(19(20)21-11-14)18-6-4-13(2)23-18/h3-6,9-11,22-24H,7-8H2,1-2H3,(H2,20,21). The number of hydrogen-bond acceptors (Lipinski definition) is 5. The van der Waals surface area contributed by atoms with E-state index < -0.39 is 10.0 Å². The molecule has 8 heteroatoms. The van der Waals surface area contributed by atoms with Crippen LogP contribution in [0.15, 0.2) is 47.5 Å². The summed E-state index contributed by atoms with van der Waals surface area (Å²) in [5, 5.41) is 8.87. The van der Waals surface area contributed by atoms with Crippen molar-refractivity contribution >= 4 is 15.8 Å². The first-order valence-electron chi connectivity index (χ1n) is 8.45. The molecule has 27 heavy (non-hydrogen) atoms. The SMILES string of the molecule is Cc1ccc(-c2cc(-c3cc(S(=O)(=O)NCCO)ccc3C)cnc2N)[nH]1. The number of nitrogen functional groups attached to an aromatic ring is 1. The van der Waals surface area contributed by atoms with Crippen LogP contribution in [-0.4, -0.2) is 36.6 Å². The summed E-state index contributed by atoms with van der Waals surface area (Å²) in [5.74, 6) is 0.395. The van der Waals surface area contributed by atoms with E-state index in [1.165, 1.54) is 0 Å². The molecule has 3 aromatic rings. The Labute approximate surface area is 158 Å². The van der Waals surface area contributed by atoms with Crippen molar-refractivity contribution in [3.63, 3.8) is 0 Å². The van der Waals surface area contributed by atoms with Gasteiger partial charge in [-0.25, -0.2) is 18.1 Å². The number of rotatable bonds is 6. The molecule has 0 bridgehead atoms. The highest BCUT2D eigenvalue weighted by atomic mass is 32.2. The normalized spacial score (nSPS) is 11.7. The minimum absolute atomic E-state index is 0.0364. The zero-order chi connectivity index (χ0) is 19.6. The lowest BCUT2D eigenvalue weighted by atomic mass is 10.00. The summed E-state index contributed by atoms with van der Waals surface area (Å²) >= 11 is 0. The van der Waals surface area contributed by atoms with Gasteiger partial charge < -0.3 is 15.8 Å². The van der Waals surface area contributed by atoms with Crippen LogP contribution in [0, 0.1) is 13.8 Å². The smallest absolute Gasteiger partial charge is 0.240 e. The van der Waals surface area contributed by atoms with Gasteiger partial charge in [-0.05, 0) is 55.3 Å². The molecule has 0 aliphatic rings. The summed E-state index contributed by atoms with van der Waals surface area (Å²) < 4.78 is 27.1. The number of anilines is 1. The Morgan fingerprint density at radius 2 is 1.93 bits per heavy atom. The molecule has 7 nitrogen and oxygen atoms in total. The number of benzene rings is 1. The number of nitrogens with two attached hydrogens (primary N) is 1. The van der Waals surface area contributed by atoms with E-state index in [-0.39, 0.29) is 18.0 Å². The Balaban J connectivity index is 2.08. The van der Waals surface area contributed by atoms with Gasteiger partial charge in [-0.2, -0.15) is 0 Å². The maximum Gasteiger partial charge on any atom is 0.240 e. The number of nitrogens with one attached hydrogen (secondary N) is 2. The van der Waals surface area contributed by atoms with Gasteiger partial charge in [-0.1, -0.05) is 6.07 Å². The van der Waals surface area contributed by atoms with Crippen molar-refractivity contribution in [3.05, 3.63) is 53.9 Å². The molecular formula is C19H22N4O3S. The van der Waals surface area contributed by atoms with E-state index in [9.17, 15) is 8.42 Å². The minimum atomic E-state index is -3.70. The van der Waals surface area contributed by atoms with Gasteiger partial charge in [0.15, 0.2) is 0 Å². The van der Waals surface area contributed by atoms with Crippen LogP contribution < -0.4 is 10.5 Å². The second-order valence-electron chi connectivity index (χ2n) is 6.31. The van der Waals surface area contributed by atoms with Crippen LogP contribution in [0.3, 0.4) is 0 Å². The second-order valence-corrected chi connectivity index (χ2v) is 8.08. The minimum Gasteiger partial charge on any atom is -0.395 e. The van der Waals surface area contributed by atoms with Crippen molar-refractivity contribution in [1.29, 1.82) is 0 Å². The fraction of sp³-hybridized carbons (Fsp3) is 0.211. The Bertz CT molecular complexity index is 1070. The van der Waals surface area contributed by atoms with Crippen molar-refractivity contribution in [2.45, 2.75) is 18.7 Å². The highest BCUT2D eigenvalue weighted by Crippen LogP contribution is 2.31. The molecule has 0 aliphatic heterocycles. The Kier molecular flexibility index (Phi) is 5.31. The maximum absolute atomic E-state index is 12.4.